The molecule has 2 unspecified atom stereocenters. The third kappa shape index (κ3) is 2.94. The Balaban J connectivity index is 0.00000144. The van der Waals surface area contributed by atoms with Crippen LogP contribution in [-0.4, -0.2) is 29.9 Å². The minimum Gasteiger partial charge on any atom is -0.341 e. The third-order valence-corrected chi connectivity index (χ3v) is 4.24. The first-order chi connectivity index (χ1) is 7.39. The second kappa shape index (κ2) is 5.15. The summed E-state index contributed by atoms with van der Waals surface area (Å²) in [7, 11) is 0. The van der Waals surface area contributed by atoms with Gasteiger partial charge < -0.3 is 10.6 Å². The summed E-state index contributed by atoms with van der Waals surface area (Å²) in [6.07, 6.45) is 3.96. The molecule has 2 aliphatic rings. The molecule has 0 bridgehead atoms. The van der Waals surface area contributed by atoms with Gasteiger partial charge in [-0.25, -0.2) is 0 Å². The topological polar surface area (TPSA) is 46.3 Å². The molecule has 3 atom stereocenters. The minimum atomic E-state index is -0.355. The zero-order chi connectivity index (χ0) is 11.9. The van der Waals surface area contributed by atoms with E-state index in [0.717, 1.165) is 24.9 Å². The van der Waals surface area contributed by atoms with E-state index in [1.54, 1.807) is 0 Å². The molecule has 1 amide bonds. The van der Waals surface area contributed by atoms with Crippen molar-refractivity contribution in [3.05, 3.63) is 0 Å². The number of fused-ring (bicyclic) bond motifs is 1. The zero-order valence-electron chi connectivity index (χ0n) is 11.1. The van der Waals surface area contributed by atoms with E-state index >= 15 is 0 Å². The summed E-state index contributed by atoms with van der Waals surface area (Å²) in [5, 5.41) is 0. The van der Waals surface area contributed by atoms with Crippen LogP contribution in [0.3, 0.4) is 0 Å². The summed E-state index contributed by atoms with van der Waals surface area (Å²) in [6.45, 7) is 8.01. The van der Waals surface area contributed by atoms with Gasteiger partial charge in [0.1, 0.15) is 0 Å². The summed E-state index contributed by atoms with van der Waals surface area (Å²) in [5.74, 6) is 1.68. The smallest absolute Gasteiger partial charge is 0.240 e. The van der Waals surface area contributed by atoms with Gasteiger partial charge in [0.15, 0.2) is 0 Å². The van der Waals surface area contributed by atoms with Crippen molar-refractivity contribution >= 4 is 18.3 Å². The Hall–Kier alpha value is -0.280. The van der Waals surface area contributed by atoms with Crippen LogP contribution >= 0.6 is 12.4 Å². The van der Waals surface area contributed by atoms with Crippen LogP contribution in [0.15, 0.2) is 0 Å². The van der Waals surface area contributed by atoms with E-state index in [2.05, 4.69) is 0 Å². The molecule has 0 aromatic heterocycles. The molecule has 1 aliphatic heterocycles. The van der Waals surface area contributed by atoms with Crippen molar-refractivity contribution in [1.29, 1.82) is 0 Å². The van der Waals surface area contributed by atoms with Crippen LogP contribution in [0, 0.1) is 17.3 Å². The van der Waals surface area contributed by atoms with E-state index in [4.69, 9.17) is 5.73 Å². The number of nitrogens with two attached hydrogens (primary N) is 1. The summed E-state index contributed by atoms with van der Waals surface area (Å²) >= 11 is 0. The maximum atomic E-state index is 12.2. The number of halogens is 1. The molecule has 0 spiro atoms. The highest BCUT2D eigenvalue weighted by molar-refractivity contribution is 5.85. The molecule has 100 valence electrons. The van der Waals surface area contributed by atoms with Gasteiger partial charge in [0.05, 0.1) is 6.04 Å². The number of hydrogen-bond acceptors (Lipinski definition) is 2. The Morgan fingerprint density at radius 3 is 2.12 bits per heavy atom. The van der Waals surface area contributed by atoms with Gasteiger partial charge in [-0.2, -0.15) is 0 Å². The molecule has 0 aromatic rings. The normalized spacial score (nSPS) is 29.8. The van der Waals surface area contributed by atoms with E-state index in [0.29, 0.717) is 0 Å². The molecule has 0 aromatic carbocycles. The summed E-state index contributed by atoms with van der Waals surface area (Å²) in [4.78, 5) is 14.2. The monoisotopic (exact) mass is 260 g/mol. The molecule has 17 heavy (non-hydrogen) atoms. The summed E-state index contributed by atoms with van der Waals surface area (Å²) < 4.78 is 0. The first-order valence-electron chi connectivity index (χ1n) is 6.44. The number of carbonyl (C=O) groups excluding carboxylic acids is 1. The molecule has 3 nitrogen and oxygen atoms in total. The van der Waals surface area contributed by atoms with Gasteiger partial charge in [-0.3, -0.25) is 4.79 Å². The molecule has 0 radical (unpaired) electrons. The first kappa shape index (κ1) is 14.8. The van der Waals surface area contributed by atoms with Crippen molar-refractivity contribution in [2.75, 3.05) is 13.1 Å². The molecule has 1 aliphatic carbocycles. The highest BCUT2D eigenvalue weighted by Gasteiger charge is 2.40. The Morgan fingerprint density at radius 2 is 1.71 bits per heavy atom. The number of hydrogen-bond donors (Lipinski definition) is 1. The molecule has 1 saturated carbocycles. The Kier molecular flexibility index (Phi) is 4.48. The maximum Gasteiger partial charge on any atom is 0.240 e. The lowest BCUT2D eigenvalue weighted by Gasteiger charge is -2.30. The fourth-order valence-corrected chi connectivity index (χ4v) is 2.98. The standard InChI is InChI=1S/C13H24N2O.ClH/c1-13(2,3)11(14)12(16)15-7-9-5-4-6-10(9)8-15;/h9-11H,4-8,14H2,1-3H3;1H/t9?,10?,11-;/m1./s1. The van der Waals surface area contributed by atoms with Gasteiger partial charge in [0.2, 0.25) is 5.91 Å². The number of carbonyl (C=O) groups is 1. The first-order valence-corrected chi connectivity index (χ1v) is 6.44. The molecule has 2 fully saturated rings. The number of likely N-dealkylation sites (tertiary alicyclic amines) is 1. The fraction of sp³-hybridized carbons (Fsp3) is 0.923. The van der Waals surface area contributed by atoms with E-state index in [1.807, 2.05) is 25.7 Å². The van der Waals surface area contributed by atoms with Gasteiger partial charge >= 0.3 is 0 Å². The van der Waals surface area contributed by atoms with Crippen LogP contribution in [-0.2, 0) is 4.79 Å². The van der Waals surface area contributed by atoms with Crippen molar-refractivity contribution in [2.24, 2.45) is 23.0 Å². The molecular weight excluding hydrogens is 236 g/mol. The van der Waals surface area contributed by atoms with E-state index in [1.165, 1.54) is 19.3 Å². The largest absolute Gasteiger partial charge is 0.341 e. The Labute approximate surface area is 111 Å². The van der Waals surface area contributed by atoms with Crippen LogP contribution in [0.2, 0.25) is 0 Å². The number of rotatable bonds is 1. The van der Waals surface area contributed by atoms with Gasteiger partial charge in [-0.15, -0.1) is 12.4 Å². The molecule has 4 heteroatoms. The van der Waals surface area contributed by atoms with E-state index in [9.17, 15) is 4.79 Å². The van der Waals surface area contributed by atoms with Gasteiger partial charge in [-0.1, -0.05) is 27.2 Å². The summed E-state index contributed by atoms with van der Waals surface area (Å²) in [5.41, 5.74) is 5.90. The lowest BCUT2D eigenvalue weighted by molar-refractivity contribution is -0.134. The second-order valence-electron chi connectivity index (χ2n) is 6.54. The lowest BCUT2D eigenvalue weighted by Crippen LogP contribution is -2.49. The molecule has 1 heterocycles. The van der Waals surface area contributed by atoms with Crippen molar-refractivity contribution in [3.8, 4) is 0 Å². The molecular formula is C13H25ClN2O. The fourth-order valence-electron chi connectivity index (χ4n) is 2.98. The zero-order valence-corrected chi connectivity index (χ0v) is 11.9. The van der Waals surface area contributed by atoms with Gasteiger partial charge in [0, 0.05) is 13.1 Å². The SMILES string of the molecule is CC(C)(C)[C@H](N)C(=O)N1CC2CCCC2C1.Cl. The van der Waals surface area contributed by atoms with Gasteiger partial charge in [0.25, 0.3) is 0 Å². The number of nitrogens with zero attached hydrogens (tertiary/aromatic N) is 1. The highest BCUT2D eigenvalue weighted by Crippen LogP contribution is 2.38. The average Bonchev–Trinajstić information content (AvgIpc) is 2.72. The molecule has 1 saturated heterocycles. The van der Waals surface area contributed by atoms with Crippen molar-refractivity contribution < 1.29 is 4.79 Å². The van der Waals surface area contributed by atoms with Crippen LogP contribution < -0.4 is 5.73 Å². The predicted molar refractivity (Wildman–Crippen MR) is 72.1 cm³/mol. The Morgan fingerprint density at radius 1 is 1.24 bits per heavy atom. The van der Waals surface area contributed by atoms with Crippen LogP contribution in [0.25, 0.3) is 0 Å². The lowest BCUT2D eigenvalue weighted by atomic mass is 9.86. The van der Waals surface area contributed by atoms with Crippen molar-refractivity contribution in [3.63, 3.8) is 0 Å². The summed E-state index contributed by atoms with van der Waals surface area (Å²) in [6, 6.07) is -0.355. The quantitative estimate of drug-likeness (QED) is 0.784. The second-order valence-corrected chi connectivity index (χ2v) is 6.54. The van der Waals surface area contributed by atoms with Gasteiger partial charge in [-0.05, 0) is 30.1 Å². The molecule has 2 N–H and O–H groups in total. The van der Waals surface area contributed by atoms with Crippen LogP contribution in [0.1, 0.15) is 40.0 Å². The minimum absolute atomic E-state index is 0. The van der Waals surface area contributed by atoms with Crippen LogP contribution in [0.5, 0.6) is 0 Å². The van der Waals surface area contributed by atoms with E-state index in [-0.39, 0.29) is 29.8 Å². The predicted octanol–water partition coefficient (Wildman–Crippen LogP) is 2.04. The van der Waals surface area contributed by atoms with Crippen molar-refractivity contribution in [1.82, 2.24) is 4.90 Å². The third-order valence-electron chi connectivity index (χ3n) is 4.24. The number of amides is 1. The average molecular weight is 261 g/mol. The highest BCUT2D eigenvalue weighted by atomic mass is 35.5. The molecule has 2 rings (SSSR count). The Bertz CT molecular complexity index is 276. The van der Waals surface area contributed by atoms with Crippen LogP contribution in [0.4, 0.5) is 0 Å². The van der Waals surface area contributed by atoms with Crippen molar-refractivity contribution in [2.45, 2.75) is 46.1 Å². The maximum absolute atomic E-state index is 12.2. The van der Waals surface area contributed by atoms with E-state index < -0.39 is 0 Å².